The number of sulfonamides is 1. The molecule has 0 aliphatic carbocycles. The maximum Gasteiger partial charge on any atom is 0.268 e. The molecule has 1 aliphatic rings. The Hall–Kier alpha value is -3.95. The summed E-state index contributed by atoms with van der Waals surface area (Å²) in [5, 5.41) is 0.394. The average molecular weight is 577 g/mol. The van der Waals surface area contributed by atoms with Gasteiger partial charge < -0.3 is 9.64 Å². The van der Waals surface area contributed by atoms with Crippen LogP contribution in [0.15, 0.2) is 83.9 Å². The number of carbonyl (C=O) groups excluding carboxylic acids is 1. The number of anilines is 1. The van der Waals surface area contributed by atoms with Gasteiger partial charge in [0.1, 0.15) is 5.75 Å². The van der Waals surface area contributed by atoms with Crippen molar-refractivity contribution in [3.8, 4) is 5.75 Å². The number of nitrogens with one attached hydrogen (secondary N) is 1. The Morgan fingerprint density at radius 3 is 2.35 bits per heavy atom. The summed E-state index contributed by atoms with van der Waals surface area (Å²) >= 11 is 5.89. The minimum atomic E-state index is -4.12. The maximum atomic E-state index is 13.3. The van der Waals surface area contributed by atoms with Gasteiger partial charge in [-0.3, -0.25) is 4.79 Å². The molecule has 0 radical (unpaired) electrons. The lowest BCUT2D eigenvalue weighted by Crippen LogP contribution is -2.33. The third-order valence-electron chi connectivity index (χ3n) is 6.94. The first-order valence-electron chi connectivity index (χ1n) is 13.0. The highest BCUT2D eigenvalue weighted by atomic mass is 35.5. The molecule has 1 aromatic heterocycles. The lowest BCUT2D eigenvalue weighted by molar-refractivity contribution is 0.0979. The molecule has 8 nitrogen and oxygen atoms in total. The van der Waals surface area contributed by atoms with E-state index in [4.69, 9.17) is 21.3 Å². The van der Waals surface area contributed by atoms with Crippen LogP contribution >= 0.6 is 11.6 Å². The number of fused-ring (bicyclic) bond motifs is 1. The molecule has 2 heterocycles. The molecule has 0 atom stereocenters. The van der Waals surface area contributed by atoms with Gasteiger partial charge in [0.2, 0.25) is 5.95 Å². The molecular formula is C30H29ClN4O4S. The van der Waals surface area contributed by atoms with Crippen molar-refractivity contribution in [1.29, 1.82) is 0 Å². The van der Waals surface area contributed by atoms with Crippen LogP contribution < -0.4 is 14.4 Å². The normalized spacial score (nSPS) is 13.3. The zero-order valence-electron chi connectivity index (χ0n) is 22.0. The van der Waals surface area contributed by atoms with Gasteiger partial charge in [-0.05, 0) is 78.8 Å². The predicted molar refractivity (Wildman–Crippen MR) is 155 cm³/mol. The number of hydrogen-bond acceptors (Lipinski definition) is 7. The Morgan fingerprint density at radius 1 is 0.975 bits per heavy atom. The van der Waals surface area contributed by atoms with Crippen LogP contribution in [0.1, 0.15) is 32.7 Å². The number of hydrogen-bond donors (Lipinski definition) is 1. The number of amides is 1. The Morgan fingerprint density at radius 2 is 1.68 bits per heavy atom. The van der Waals surface area contributed by atoms with Crippen LogP contribution in [0.25, 0.3) is 0 Å². The van der Waals surface area contributed by atoms with Gasteiger partial charge in [-0.1, -0.05) is 48.0 Å². The molecule has 5 rings (SSSR count). The van der Waals surface area contributed by atoms with Crippen molar-refractivity contribution in [1.82, 2.24) is 14.7 Å². The van der Waals surface area contributed by atoms with Gasteiger partial charge in [-0.15, -0.1) is 0 Å². The number of carbonyl (C=O) groups is 1. The van der Waals surface area contributed by atoms with E-state index in [9.17, 15) is 13.2 Å². The van der Waals surface area contributed by atoms with Crippen molar-refractivity contribution < 1.29 is 17.9 Å². The van der Waals surface area contributed by atoms with Crippen molar-refractivity contribution >= 4 is 33.5 Å². The van der Waals surface area contributed by atoms with Crippen molar-refractivity contribution in [2.24, 2.45) is 0 Å². The summed E-state index contributed by atoms with van der Waals surface area (Å²) in [4.78, 5) is 24.7. The maximum absolute atomic E-state index is 13.3. The van der Waals surface area contributed by atoms with Gasteiger partial charge in [0.05, 0.1) is 23.3 Å². The van der Waals surface area contributed by atoms with Gasteiger partial charge in [0.25, 0.3) is 15.9 Å². The molecule has 0 fully saturated rings. The van der Waals surface area contributed by atoms with E-state index in [1.165, 1.54) is 41.6 Å². The zero-order chi connectivity index (χ0) is 28.1. The summed E-state index contributed by atoms with van der Waals surface area (Å²) in [5.41, 5.74) is 4.21. The van der Waals surface area contributed by atoms with E-state index in [1.807, 2.05) is 36.4 Å². The SMILES string of the molecule is COc1cccc(CCc2nc(N3CCc4ccccc4CC3)ncc2C(=O)NS(=O)(=O)c2ccc(Cl)cc2)c1. The van der Waals surface area contributed by atoms with Crippen molar-refractivity contribution in [2.75, 3.05) is 25.1 Å². The molecule has 1 N–H and O–H groups in total. The van der Waals surface area contributed by atoms with Crippen molar-refractivity contribution in [3.63, 3.8) is 0 Å². The Bertz CT molecular complexity index is 1600. The number of ether oxygens (including phenoxy) is 1. The number of aryl methyl sites for hydroxylation is 2. The minimum absolute atomic E-state index is 0.0650. The Labute approximate surface area is 239 Å². The molecular weight excluding hydrogens is 548 g/mol. The van der Waals surface area contributed by atoms with E-state index >= 15 is 0 Å². The van der Waals surface area contributed by atoms with Crippen LogP contribution in [-0.2, 0) is 35.7 Å². The van der Waals surface area contributed by atoms with Crippen LogP contribution in [0.2, 0.25) is 5.02 Å². The smallest absolute Gasteiger partial charge is 0.268 e. The van der Waals surface area contributed by atoms with E-state index < -0.39 is 15.9 Å². The standard InChI is InChI=1S/C30H29ClN4O4S/c1-39-25-8-4-5-21(19-25)9-14-28-27(29(36)34-40(37,38)26-12-10-24(31)11-13-26)20-32-30(33-28)35-17-15-22-6-2-3-7-23(22)16-18-35/h2-8,10-13,19-20H,9,14-18H2,1H3,(H,34,36). The fourth-order valence-corrected chi connectivity index (χ4v) is 5.84. The molecule has 1 aliphatic heterocycles. The second-order valence-electron chi connectivity index (χ2n) is 9.53. The monoisotopic (exact) mass is 576 g/mol. The summed E-state index contributed by atoms with van der Waals surface area (Å²) in [6.45, 7) is 1.48. The summed E-state index contributed by atoms with van der Waals surface area (Å²) in [7, 11) is -2.51. The lowest BCUT2D eigenvalue weighted by atomic mass is 10.0. The average Bonchev–Trinajstić information content (AvgIpc) is 3.19. The first-order chi connectivity index (χ1) is 19.3. The summed E-state index contributed by atoms with van der Waals surface area (Å²) in [6, 6.07) is 21.7. The van der Waals surface area contributed by atoms with Gasteiger partial charge in [-0.25, -0.2) is 23.1 Å². The number of benzene rings is 3. The van der Waals surface area contributed by atoms with Gasteiger partial charge >= 0.3 is 0 Å². The second kappa shape index (κ2) is 12.1. The number of aromatic nitrogens is 2. The molecule has 0 saturated heterocycles. The molecule has 40 heavy (non-hydrogen) atoms. The van der Waals surface area contributed by atoms with Gasteiger partial charge in [0, 0.05) is 24.3 Å². The summed E-state index contributed by atoms with van der Waals surface area (Å²) < 4.78 is 33.3. The first kappa shape index (κ1) is 27.6. The van der Waals surface area contributed by atoms with Gasteiger partial charge in [0.15, 0.2) is 0 Å². The highest BCUT2D eigenvalue weighted by Crippen LogP contribution is 2.22. The van der Waals surface area contributed by atoms with E-state index in [0.717, 1.165) is 37.2 Å². The van der Waals surface area contributed by atoms with Crippen molar-refractivity contribution in [3.05, 3.63) is 112 Å². The third kappa shape index (κ3) is 6.43. The first-order valence-corrected chi connectivity index (χ1v) is 14.8. The zero-order valence-corrected chi connectivity index (χ0v) is 23.6. The molecule has 0 bridgehead atoms. The molecule has 0 spiro atoms. The lowest BCUT2D eigenvalue weighted by Gasteiger charge is -2.21. The topological polar surface area (TPSA) is 101 Å². The summed E-state index contributed by atoms with van der Waals surface area (Å²) in [5.74, 6) is 0.466. The summed E-state index contributed by atoms with van der Waals surface area (Å²) in [6.07, 6.45) is 4.12. The number of methoxy groups -OCH3 is 1. The van der Waals surface area contributed by atoms with E-state index in [0.29, 0.717) is 29.5 Å². The van der Waals surface area contributed by atoms with Crippen LogP contribution in [0.3, 0.4) is 0 Å². The molecule has 0 unspecified atom stereocenters. The minimum Gasteiger partial charge on any atom is -0.497 e. The predicted octanol–water partition coefficient (Wildman–Crippen LogP) is 4.65. The van der Waals surface area contributed by atoms with Crippen LogP contribution in [0.4, 0.5) is 5.95 Å². The Kier molecular flexibility index (Phi) is 8.32. The second-order valence-corrected chi connectivity index (χ2v) is 11.6. The highest BCUT2D eigenvalue weighted by molar-refractivity contribution is 7.90. The fraction of sp³-hybridized carbons (Fsp3) is 0.233. The quantitative estimate of drug-likeness (QED) is 0.326. The molecule has 1 amide bonds. The largest absolute Gasteiger partial charge is 0.497 e. The highest BCUT2D eigenvalue weighted by Gasteiger charge is 2.24. The number of nitrogens with zero attached hydrogens (tertiary/aromatic N) is 3. The van der Waals surface area contributed by atoms with Crippen LogP contribution in [-0.4, -0.2) is 44.5 Å². The molecule has 4 aromatic rings. The third-order valence-corrected chi connectivity index (χ3v) is 8.54. The van der Waals surface area contributed by atoms with E-state index in [1.54, 1.807) is 7.11 Å². The molecule has 3 aromatic carbocycles. The fourth-order valence-electron chi connectivity index (χ4n) is 4.75. The number of rotatable bonds is 8. The van der Waals surface area contributed by atoms with E-state index in [2.05, 4.69) is 26.7 Å². The number of halogens is 1. The molecule has 206 valence electrons. The van der Waals surface area contributed by atoms with E-state index in [-0.39, 0.29) is 10.5 Å². The van der Waals surface area contributed by atoms with Crippen molar-refractivity contribution in [2.45, 2.75) is 30.6 Å². The Balaban J connectivity index is 1.42. The van der Waals surface area contributed by atoms with Gasteiger partial charge in [-0.2, -0.15) is 0 Å². The molecule has 10 heteroatoms. The molecule has 0 saturated carbocycles. The van der Waals surface area contributed by atoms with Crippen LogP contribution in [0, 0.1) is 0 Å². The van der Waals surface area contributed by atoms with Crippen LogP contribution in [0.5, 0.6) is 5.75 Å².